The summed E-state index contributed by atoms with van der Waals surface area (Å²) in [6.45, 7) is 2.63. The van der Waals surface area contributed by atoms with Crippen LogP contribution in [0.4, 0.5) is 10.9 Å². The molecule has 0 spiro atoms. The zero-order chi connectivity index (χ0) is 17.1. The molecule has 0 aliphatic carbocycles. The highest BCUT2D eigenvalue weighted by Crippen LogP contribution is 2.31. The molecule has 0 saturated carbocycles. The first-order chi connectivity index (χ1) is 12.3. The van der Waals surface area contributed by atoms with Gasteiger partial charge in [-0.25, -0.2) is 15.0 Å². The van der Waals surface area contributed by atoms with Crippen molar-refractivity contribution in [2.24, 2.45) is 0 Å². The van der Waals surface area contributed by atoms with Crippen LogP contribution in [0.1, 0.15) is 6.92 Å². The fourth-order valence-electron chi connectivity index (χ4n) is 2.52. The zero-order valence-electron chi connectivity index (χ0n) is 13.6. The van der Waals surface area contributed by atoms with Gasteiger partial charge < -0.3 is 10.1 Å². The molecule has 2 aromatic carbocycles. The van der Waals surface area contributed by atoms with Crippen LogP contribution in [-0.2, 0) is 0 Å². The van der Waals surface area contributed by atoms with Crippen molar-refractivity contribution in [2.45, 2.75) is 6.92 Å². The van der Waals surface area contributed by atoms with E-state index in [4.69, 9.17) is 4.74 Å². The lowest BCUT2D eigenvalue weighted by Gasteiger charge is -2.04. The summed E-state index contributed by atoms with van der Waals surface area (Å²) in [7, 11) is 0. The molecule has 124 valence electrons. The highest BCUT2D eigenvalue weighted by molar-refractivity contribution is 7.22. The van der Waals surface area contributed by atoms with Gasteiger partial charge in [0.15, 0.2) is 5.13 Å². The van der Waals surface area contributed by atoms with Gasteiger partial charge in [0.1, 0.15) is 17.9 Å². The summed E-state index contributed by atoms with van der Waals surface area (Å²) in [6.07, 6.45) is 1.56. The molecule has 0 amide bonds. The molecule has 0 aliphatic heterocycles. The van der Waals surface area contributed by atoms with E-state index in [0.717, 1.165) is 38.2 Å². The average molecular weight is 348 g/mol. The molecular weight excluding hydrogens is 332 g/mol. The summed E-state index contributed by atoms with van der Waals surface area (Å²) in [5.41, 5.74) is 2.87. The highest BCUT2D eigenvalue weighted by Gasteiger charge is 2.07. The van der Waals surface area contributed by atoms with Crippen molar-refractivity contribution in [3.8, 4) is 17.0 Å². The summed E-state index contributed by atoms with van der Waals surface area (Å²) in [5.74, 6) is 1.58. The van der Waals surface area contributed by atoms with Gasteiger partial charge in [0.05, 0.1) is 22.5 Å². The second kappa shape index (κ2) is 6.86. The van der Waals surface area contributed by atoms with Gasteiger partial charge in [-0.2, -0.15) is 0 Å². The second-order valence-corrected chi connectivity index (χ2v) is 6.39. The van der Waals surface area contributed by atoms with Crippen molar-refractivity contribution >= 4 is 32.5 Å². The number of hydrogen-bond acceptors (Lipinski definition) is 6. The van der Waals surface area contributed by atoms with Crippen LogP contribution in [0.15, 0.2) is 60.9 Å². The SMILES string of the molecule is CCOc1ccc2nc(Nc3cc(-c4ccccc4)ncn3)sc2c1. The zero-order valence-corrected chi connectivity index (χ0v) is 14.5. The van der Waals surface area contributed by atoms with Crippen molar-refractivity contribution in [2.75, 3.05) is 11.9 Å². The molecule has 1 N–H and O–H groups in total. The molecule has 0 atom stereocenters. The first-order valence-corrected chi connectivity index (χ1v) is 8.81. The van der Waals surface area contributed by atoms with Gasteiger partial charge in [0, 0.05) is 11.6 Å². The smallest absolute Gasteiger partial charge is 0.189 e. The highest BCUT2D eigenvalue weighted by atomic mass is 32.1. The molecule has 4 aromatic rings. The minimum absolute atomic E-state index is 0.651. The molecule has 25 heavy (non-hydrogen) atoms. The van der Waals surface area contributed by atoms with Crippen molar-refractivity contribution < 1.29 is 4.74 Å². The fourth-order valence-corrected chi connectivity index (χ4v) is 3.42. The Morgan fingerprint density at radius 1 is 1.04 bits per heavy atom. The fraction of sp³-hybridized carbons (Fsp3) is 0.105. The van der Waals surface area contributed by atoms with E-state index in [-0.39, 0.29) is 0 Å². The number of fused-ring (bicyclic) bond motifs is 1. The quantitative estimate of drug-likeness (QED) is 0.556. The number of anilines is 2. The summed E-state index contributed by atoms with van der Waals surface area (Å²) >= 11 is 1.57. The van der Waals surface area contributed by atoms with Crippen LogP contribution < -0.4 is 10.1 Å². The van der Waals surface area contributed by atoms with Crippen LogP contribution in [0.3, 0.4) is 0 Å². The second-order valence-electron chi connectivity index (χ2n) is 5.36. The van der Waals surface area contributed by atoms with E-state index in [1.54, 1.807) is 17.7 Å². The Hall–Kier alpha value is -2.99. The van der Waals surface area contributed by atoms with Gasteiger partial charge >= 0.3 is 0 Å². The van der Waals surface area contributed by atoms with Crippen molar-refractivity contribution in [3.05, 3.63) is 60.9 Å². The minimum atomic E-state index is 0.651. The Morgan fingerprint density at radius 3 is 2.76 bits per heavy atom. The predicted molar refractivity (Wildman–Crippen MR) is 102 cm³/mol. The number of rotatable bonds is 5. The Morgan fingerprint density at radius 2 is 1.92 bits per heavy atom. The predicted octanol–water partition coefficient (Wildman–Crippen LogP) is 4.90. The van der Waals surface area contributed by atoms with E-state index in [2.05, 4.69) is 20.3 Å². The largest absolute Gasteiger partial charge is 0.494 e. The van der Waals surface area contributed by atoms with Crippen LogP contribution in [0.5, 0.6) is 5.75 Å². The minimum Gasteiger partial charge on any atom is -0.494 e. The van der Waals surface area contributed by atoms with Crippen LogP contribution >= 0.6 is 11.3 Å². The first kappa shape index (κ1) is 15.5. The van der Waals surface area contributed by atoms with Crippen molar-refractivity contribution in [1.82, 2.24) is 15.0 Å². The monoisotopic (exact) mass is 348 g/mol. The van der Waals surface area contributed by atoms with Gasteiger partial charge in [0.25, 0.3) is 0 Å². The lowest BCUT2D eigenvalue weighted by molar-refractivity contribution is 0.341. The molecule has 6 heteroatoms. The standard InChI is InChI=1S/C19H16N4OS/c1-2-24-14-8-9-15-17(10-14)25-19(22-15)23-18-11-16(20-12-21-18)13-6-4-3-5-7-13/h3-12H,2H2,1H3,(H,20,21,22,23). The lowest BCUT2D eigenvalue weighted by atomic mass is 10.1. The summed E-state index contributed by atoms with van der Waals surface area (Å²) in [6, 6.07) is 17.9. The van der Waals surface area contributed by atoms with Crippen LogP contribution in [0, 0.1) is 0 Å². The average Bonchev–Trinajstić information content (AvgIpc) is 3.04. The maximum absolute atomic E-state index is 5.54. The Balaban J connectivity index is 1.61. The molecular formula is C19H16N4OS. The molecule has 0 radical (unpaired) electrons. The molecule has 0 fully saturated rings. The topological polar surface area (TPSA) is 59.9 Å². The Labute approximate surface area is 149 Å². The molecule has 0 aliphatic rings. The van der Waals surface area contributed by atoms with E-state index in [1.807, 2.05) is 61.5 Å². The Bertz CT molecular complexity index is 1000. The van der Waals surface area contributed by atoms with E-state index in [9.17, 15) is 0 Å². The van der Waals surface area contributed by atoms with Crippen molar-refractivity contribution in [3.63, 3.8) is 0 Å². The van der Waals surface area contributed by atoms with E-state index in [1.165, 1.54) is 0 Å². The van der Waals surface area contributed by atoms with Crippen molar-refractivity contribution in [1.29, 1.82) is 0 Å². The van der Waals surface area contributed by atoms with Crippen LogP contribution in [-0.4, -0.2) is 21.6 Å². The Kier molecular flexibility index (Phi) is 4.26. The first-order valence-electron chi connectivity index (χ1n) is 8.00. The van der Waals surface area contributed by atoms with Gasteiger partial charge in [-0.15, -0.1) is 0 Å². The van der Waals surface area contributed by atoms with Gasteiger partial charge in [-0.1, -0.05) is 41.7 Å². The molecule has 0 saturated heterocycles. The van der Waals surface area contributed by atoms with Crippen LogP contribution in [0.2, 0.25) is 0 Å². The van der Waals surface area contributed by atoms with E-state index in [0.29, 0.717) is 6.61 Å². The molecule has 5 nitrogen and oxygen atoms in total. The number of ether oxygens (including phenoxy) is 1. The number of thiazole rings is 1. The van der Waals surface area contributed by atoms with Gasteiger partial charge in [-0.3, -0.25) is 0 Å². The summed E-state index contributed by atoms with van der Waals surface area (Å²) < 4.78 is 6.62. The molecule has 2 heterocycles. The summed E-state index contributed by atoms with van der Waals surface area (Å²) in [5, 5.41) is 4.06. The number of nitrogens with zero attached hydrogens (tertiary/aromatic N) is 3. The number of benzene rings is 2. The normalized spacial score (nSPS) is 10.8. The van der Waals surface area contributed by atoms with E-state index >= 15 is 0 Å². The third-order valence-corrected chi connectivity index (χ3v) is 4.58. The molecule has 2 aromatic heterocycles. The van der Waals surface area contributed by atoms with Crippen LogP contribution in [0.25, 0.3) is 21.5 Å². The van der Waals surface area contributed by atoms with Gasteiger partial charge in [0.2, 0.25) is 0 Å². The maximum atomic E-state index is 5.54. The molecule has 0 unspecified atom stereocenters. The van der Waals surface area contributed by atoms with E-state index < -0.39 is 0 Å². The number of nitrogens with one attached hydrogen (secondary N) is 1. The maximum Gasteiger partial charge on any atom is 0.189 e. The third-order valence-electron chi connectivity index (χ3n) is 3.64. The molecule has 4 rings (SSSR count). The lowest BCUT2D eigenvalue weighted by Crippen LogP contribution is -1.94. The van der Waals surface area contributed by atoms with Gasteiger partial charge in [-0.05, 0) is 25.1 Å². The number of aromatic nitrogens is 3. The molecule has 0 bridgehead atoms. The third kappa shape index (κ3) is 3.44. The summed E-state index contributed by atoms with van der Waals surface area (Å²) in [4.78, 5) is 13.2. The number of hydrogen-bond donors (Lipinski definition) is 1.